The van der Waals surface area contributed by atoms with Crippen LogP contribution in [-0.4, -0.2) is 30.7 Å². The predicted octanol–water partition coefficient (Wildman–Crippen LogP) is 2.85. The van der Waals surface area contributed by atoms with Crippen LogP contribution >= 0.6 is 0 Å². The molecule has 1 aliphatic rings. The molecule has 0 bridgehead atoms. The van der Waals surface area contributed by atoms with Gasteiger partial charge in [0.25, 0.3) is 0 Å². The number of allylic oxidation sites excluding steroid dienone is 2. The maximum atomic E-state index is 12.5. The number of carbonyl (C=O) groups is 3. The van der Waals surface area contributed by atoms with E-state index >= 15 is 0 Å². The zero-order valence-electron chi connectivity index (χ0n) is 17.1. The number of carbonyl (C=O) groups excluding carboxylic acids is 3. The van der Waals surface area contributed by atoms with Gasteiger partial charge in [-0.15, -0.1) is 0 Å². The maximum Gasteiger partial charge on any atom is 0.243 e. The van der Waals surface area contributed by atoms with Gasteiger partial charge >= 0.3 is 0 Å². The molecule has 2 aromatic rings. The zero-order chi connectivity index (χ0) is 21.5. The minimum absolute atomic E-state index is 0.106. The molecule has 0 saturated carbocycles. The topological polar surface area (TPSA) is 87.7 Å². The lowest BCUT2D eigenvalue weighted by molar-refractivity contribution is -0.127. The Morgan fingerprint density at radius 1 is 1.10 bits per heavy atom. The number of benzene rings is 2. The molecule has 2 amide bonds. The Labute approximate surface area is 175 Å². The third kappa shape index (κ3) is 5.26. The van der Waals surface area contributed by atoms with Crippen LogP contribution in [0.5, 0.6) is 5.75 Å². The molecule has 7 heteroatoms. The maximum absolute atomic E-state index is 12.5. The van der Waals surface area contributed by atoms with Crippen LogP contribution in [0.3, 0.4) is 0 Å². The van der Waals surface area contributed by atoms with Crippen molar-refractivity contribution >= 4 is 23.3 Å². The van der Waals surface area contributed by atoms with Gasteiger partial charge in [-0.3, -0.25) is 19.8 Å². The molecular formula is C23H25N3O4. The lowest BCUT2D eigenvalue weighted by atomic mass is 10.1. The summed E-state index contributed by atoms with van der Waals surface area (Å²) in [4.78, 5) is 38.6. The Morgan fingerprint density at radius 3 is 2.47 bits per heavy atom. The fourth-order valence-corrected chi connectivity index (χ4v) is 3.20. The first kappa shape index (κ1) is 21.1. The van der Waals surface area contributed by atoms with Crippen molar-refractivity contribution < 1.29 is 19.1 Å². The highest BCUT2D eigenvalue weighted by atomic mass is 16.5. The summed E-state index contributed by atoms with van der Waals surface area (Å²) < 4.78 is 5.41. The summed E-state index contributed by atoms with van der Waals surface area (Å²) >= 11 is 0. The summed E-state index contributed by atoms with van der Waals surface area (Å²) in [6, 6.07) is 16.1. The number of nitrogens with zero attached hydrogens (tertiary/aromatic N) is 1. The largest absolute Gasteiger partial charge is 0.494 e. The van der Waals surface area contributed by atoms with Crippen molar-refractivity contribution in [2.24, 2.45) is 5.92 Å². The lowest BCUT2D eigenvalue weighted by Gasteiger charge is -2.17. The molecule has 1 heterocycles. The first-order valence-electron chi connectivity index (χ1n) is 9.84. The Hall–Kier alpha value is -3.61. The number of hydrogen-bond donors (Lipinski definition) is 2. The SMILES string of the molecule is CCOc1ccc(N2CC(C(=O)NNC(C)=CC(=O)c3ccccc3)CC2=O)cc1. The second-order valence-corrected chi connectivity index (χ2v) is 7.00. The van der Waals surface area contributed by atoms with E-state index in [4.69, 9.17) is 4.74 Å². The number of anilines is 1. The molecule has 0 radical (unpaired) electrons. The minimum atomic E-state index is -0.478. The van der Waals surface area contributed by atoms with Gasteiger partial charge in [0.05, 0.1) is 12.5 Å². The van der Waals surface area contributed by atoms with Gasteiger partial charge in [0.15, 0.2) is 5.78 Å². The molecule has 1 fully saturated rings. The van der Waals surface area contributed by atoms with E-state index < -0.39 is 5.92 Å². The predicted molar refractivity (Wildman–Crippen MR) is 114 cm³/mol. The van der Waals surface area contributed by atoms with Gasteiger partial charge in [-0.1, -0.05) is 30.3 Å². The van der Waals surface area contributed by atoms with Crippen molar-refractivity contribution in [3.63, 3.8) is 0 Å². The van der Waals surface area contributed by atoms with Gasteiger partial charge in [-0.2, -0.15) is 0 Å². The molecule has 156 valence electrons. The second-order valence-electron chi connectivity index (χ2n) is 7.00. The zero-order valence-corrected chi connectivity index (χ0v) is 17.1. The highest BCUT2D eigenvalue weighted by molar-refractivity contribution is 6.04. The number of rotatable bonds is 8. The molecule has 1 saturated heterocycles. The molecule has 7 nitrogen and oxygen atoms in total. The summed E-state index contributed by atoms with van der Waals surface area (Å²) in [6.45, 7) is 4.46. The number of amides is 2. The van der Waals surface area contributed by atoms with E-state index in [0.717, 1.165) is 11.4 Å². The van der Waals surface area contributed by atoms with Crippen molar-refractivity contribution in [1.29, 1.82) is 0 Å². The van der Waals surface area contributed by atoms with E-state index in [1.165, 1.54) is 6.08 Å². The Bertz CT molecular complexity index is 939. The molecular weight excluding hydrogens is 382 g/mol. The van der Waals surface area contributed by atoms with Crippen LogP contribution < -0.4 is 20.5 Å². The summed E-state index contributed by atoms with van der Waals surface area (Å²) in [6.07, 6.45) is 1.55. The van der Waals surface area contributed by atoms with Crippen molar-refractivity contribution in [2.45, 2.75) is 20.3 Å². The summed E-state index contributed by atoms with van der Waals surface area (Å²) in [5, 5.41) is 0. The third-order valence-electron chi connectivity index (χ3n) is 4.74. The molecule has 30 heavy (non-hydrogen) atoms. The van der Waals surface area contributed by atoms with Crippen molar-refractivity contribution in [3.05, 3.63) is 71.9 Å². The van der Waals surface area contributed by atoms with E-state index in [9.17, 15) is 14.4 Å². The highest BCUT2D eigenvalue weighted by Crippen LogP contribution is 2.27. The van der Waals surface area contributed by atoms with Gasteiger partial charge in [0, 0.05) is 36.0 Å². The first-order valence-corrected chi connectivity index (χ1v) is 9.84. The molecule has 0 aromatic heterocycles. The number of ketones is 1. The van der Waals surface area contributed by atoms with Crippen LogP contribution in [-0.2, 0) is 9.59 Å². The van der Waals surface area contributed by atoms with Crippen molar-refractivity contribution in [1.82, 2.24) is 10.9 Å². The van der Waals surface area contributed by atoms with E-state index in [2.05, 4.69) is 10.9 Å². The molecule has 1 aliphatic heterocycles. The Kier molecular flexibility index (Phi) is 6.85. The van der Waals surface area contributed by atoms with Gasteiger partial charge in [-0.05, 0) is 38.1 Å². The smallest absolute Gasteiger partial charge is 0.243 e. The molecule has 1 unspecified atom stereocenters. The van der Waals surface area contributed by atoms with Crippen LogP contribution in [0.2, 0.25) is 0 Å². The monoisotopic (exact) mass is 407 g/mol. The molecule has 0 spiro atoms. The Balaban J connectivity index is 1.54. The van der Waals surface area contributed by atoms with Gasteiger partial charge in [0.1, 0.15) is 5.75 Å². The van der Waals surface area contributed by atoms with E-state index in [1.54, 1.807) is 48.2 Å². The van der Waals surface area contributed by atoms with Gasteiger partial charge in [-0.25, -0.2) is 0 Å². The standard InChI is InChI=1S/C23H25N3O4/c1-3-30-20-11-9-19(10-12-20)26-15-18(14-22(26)28)23(29)25-24-16(2)13-21(27)17-7-5-4-6-8-17/h4-13,18,24H,3,14-15H2,1-2H3,(H,25,29). The van der Waals surface area contributed by atoms with Crippen molar-refractivity contribution in [2.75, 3.05) is 18.1 Å². The molecule has 3 rings (SSSR count). The molecule has 2 aromatic carbocycles. The third-order valence-corrected chi connectivity index (χ3v) is 4.74. The Morgan fingerprint density at radius 2 is 1.80 bits per heavy atom. The average Bonchev–Trinajstić information content (AvgIpc) is 3.15. The van der Waals surface area contributed by atoms with Gasteiger partial charge in [0.2, 0.25) is 11.8 Å². The normalized spacial score (nSPS) is 16.3. The summed E-state index contributed by atoms with van der Waals surface area (Å²) in [5.41, 5.74) is 7.14. The van der Waals surface area contributed by atoms with E-state index in [-0.39, 0.29) is 24.0 Å². The fraction of sp³-hybridized carbons (Fsp3) is 0.261. The fourth-order valence-electron chi connectivity index (χ4n) is 3.20. The van der Waals surface area contributed by atoms with Crippen LogP contribution in [0, 0.1) is 5.92 Å². The van der Waals surface area contributed by atoms with E-state index in [0.29, 0.717) is 24.4 Å². The quantitative estimate of drug-likeness (QED) is 0.399. The molecule has 0 aliphatic carbocycles. The number of hydrogen-bond acceptors (Lipinski definition) is 5. The second kappa shape index (κ2) is 9.73. The first-order chi connectivity index (χ1) is 14.5. The molecule has 2 N–H and O–H groups in total. The van der Waals surface area contributed by atoms with Gasteiger partial charge < -0.3 is 15.1 Å². The van der Waals surface area contributed by atoms with Crippen LogP contribution in [0.25, 0.3) is 0 Å². The number of ether oxygens (including phenoxy) is 1. The van der Waals surface area contributed by atoms with Crippen molar-refractivity contribution in [3.8, 4) is 5.75 Å². The van der Waals surface area contributed by atoms with Crippen LogP contribution in [0.15, 0.2) is 66.4 Å². The number of hydrazine groups is 1. The number of nitrogens with one attached hydrogen (secondary N) is 2. The van der Waals surface area contributed by atoms with E-state index in [1.807, 2.05) is 25.1 Å². The van der Waals surface area contributed by atoms with Crippen LogP contribution in [0.4, 0.5) is 5.69 Å². The average molecular weight is 407 g/mol. The minimum Gasteiger partial charge on any atom is -0.494 e. The summed E-state index contributed by atoms with van der Waals surface area (Å²) in [7, 11) is 0. The lowest BCUT2D eigenvalue weighted by Crippen LogP contribution is -2.41. The highest BCUT2D eigenvalue weighted by Gasteiger charge is 2.35. The van der Waals surface area contributed by atoms with Crippen LogP contribution in [0.1, 0.15) is 30.6 Å². The summed E-state index contributed by atoms with van der Waals surface area (Å²) in [5.74, 6) is -0.303. The molecule has 1 atom stereocenters.